The van der Waals surface area contributed by atoms with Gasteiger partial charge in [0.2, 0.25) is 0 Å². The molecule has 0 heterocycles. The van der Waals surface area contributed by atoms with Crippen LogP contribution in [0, 0.1) is 10.8 Å². The number of benzene rings is 3. The van der Waals surface area contributed by atoms with Gasteiger partial charge in [0, 0.05) is 46.2 Å². The molecule has 0 radical (unpaired) electrons. The quantitative estimate of drug-likeness (QED) is 0.0779. The number of Topliss-reactive ketones (excluding diaryl/α,β-unsaturated/α-hetero) is 1. The zero-order valence-corrected chi connectivity index (χ0v) is 47.2. The van der Waals surface area contributed by atoms with Crippen molar-refractivity contribution in [2.24, 2.45) is 10.8 Å². The van der Waals surface area contributed by atoms with E-state index in [1.807, 2.05) is 61.0 Å². The largest absolute Gasteiger partial charge is 0.497 e. The van der Waals surface area contributed by atoms with E-state index in [0.29, 0.717) is 18.6 Å². The fourth-order valence-corrected chi connectivity index (χ4v) is 3.44. The summed E-state index contributed by atoms with van der Waals surface area (Å²) in [4.78, 5) is 19.6. The van der Waals surface area contributed by atoms with Crippen molar-refractivity contribution in [2.45, 2.75) is 93.9 Å². The molecular formula is C50H84F6O12S2. The summed E-state index contributed by atoms with van der Waals surface area (Å²) in [7, 11) is 8.77. The summed E-state index contributed by atoms with van der Waals surface area (Å²) in [5.74, 6) is 3.34. The summed E-state index contributed by atoms with van der Waals surface area (Å²) in [6, 6.07) is 23.9. The smallest absolute Gasteiger partial charge is 0.402 e. The predicted octanol–water partition coefficient (Wildman–Crippen LogP) is 12.6. The number of ether oxygens (including phenoxy) is 8. The molecule has 410 valence electrons. The van der Waals surface area contributed by atoms with Crippen molar-refractivity contribution in [1.82, 2.24) is 0 Å². The van der Waals surface area contributed by atoms with Gasteiger partial charge in [0.25, 0.3) is 0 Å². The number of ketones is 1. The van der Waals surface area contributed by atoms with Crippen LogP contribution in [0.15, 0.2) is 72.8 Å². The lowest BCUT2D eigenvalue weighted by Gasteiger charge is -2.29. The van der Waals surface area contributed by atoms with Crippen molar-refractivity contribution in [3.63, 3.8) is 0 Å². The van der Waals surface area contributed by atoms with Gasteiger partial charge in [0.1, 0.15) is 52.0 Å². The zero-order chi connectivity index (χ0) is 56.6. The first-order valence-corrected chi connectivity index (χ1v) is 24.9. The van der Waals surface area contributed by atoms with Gasteiger partial charge in [0.15, 0.2) is 5.41 Å². The molecule has 0 unspecified atom stereocenters. The number of esters is 1. The Hall–Kier alpha value is -4.24. The van der Waals surface area contributed by atoms with Crippen LogP contribution in [0.1, 0.15) is 87.3 Å². The van der Waals surface area contributed by atoms with Crippen LogP contribution in [-0.2, 0) is 43.8 Å². The first-order chi connectivity index (χ1) is 31.8. The van der Waals surface area contributed by atoms with Crippen LogP contribution in [0.4, 0.5) is 26.3 Å². The molecule has 0 aliphatic heterocycles. The third kappa shape index (κ3) is 50.2. The minimum absolute atomic E-state index is 0.0431. The number of alkyl halides is 6. The van der Waals surface area contributed by atoms with Crippen LogP contribution < -0.4 is 18.9 Å². The Bertz CT molecular complexity index is 1710. The molecular weight excluding hydrogens is 971 g/mol. The number of hydrogen-bond donors (Lipinski definition) is 0. The fourth-order valence-electron chi connectivity index (χ4n) is 3.44. The van der Waals surface area contributed by atoms with Crippen LogP contribution in [0.2, 0.25) is 0 Å². The third-order valence-corrected chi connectivity index (χ3v) is 7.07. The molecule has 0 aliphatic carbocycles. The molecule has 70 heavy (non-hydrogen) atoms. The highest BCUT2D eigenvalue weighted by Crippen LogP contribution is 2.49. The Labute approximate surface area is 420 Å². The van der Waals surface area contributed by atoms with Crippen LogP contribution in [0.25, 0.3) is 0 Å². The number of halogens is 6. The van der Waals surface area contributed by atoms with Crippen molar-refractivity contribution in [3.05, 3.63) is 83.9 Å². The summed E-state index contributed by atoms with van der Waals surface area (Å²) >= 11 is 1.75. The molecule has 0 saturated carbocycles. The van der Waals surface area contributed by atoms with Gasteiger partial charge in [0.05, 0.1) is 35.0 Å². The Morgan fingerprint density at radius 1 is 0.529 bits per heavy atom. The molecule has 0 N–H and O–H groups in total. The molecule has 0 saturated heterocycles. The zero-order valence-electron chi connectivity index (χ0n) is 45.5. The summed E-state index contributed by atoms with van der Waals surface area (Å²) < 4.78 is 127. The van der Waals surface area contributed by atoms with E-state index in [1.165, 1.54) is 39.0 Å². The lowest BCUT2D eigenvalue weighted by molar-refractivity contribution is -0.327. The first-order valence-electron chi connectivity index (χ1n) is 21.0. The van der Waals surface area contributed by atoms with Gasteiger partial charge in [-0.15, -0.1) is 0 Å². The molecule has 3 aromatic rings. The fraction of sp³-hybridized carbons (Fsp3) is 0.600. The standard InChI is InChI=1S/C17H20O2.C8H10O2.C6H12O4.C5H6F6.C5H12.C3H6O.C2H6O2S.C2H6O.C2H6S/c1-17(2,13-5-9-15(18-3)10-6-13)14-7-11-16(19-4)12-8-14;1-9-7-3-5-8(10-2)6-4-7;1-6(7)10-4-3-9-5-8-2;1-3(2,4(6,7)8)5(9,10)11;1-5(2,3)4;1-3(2)4;1-5(2,3)4;2*1-3-2/h5-12H,1-4H3;3-6H,1-2H3;3-5H2,1-2H3;1-2H3;1-4H3;1-2H3;1-2H3;2*1-2H3. The van der Waals surface area contributed by atoms with Crippen LogP contribution in [0.3, 0.4) is 0 Å². The van der Waals surface area contributed by atoms with Gasteiger partial charge in [-0.05, 0) is 105 Å². The summed E-state index contributed by atoms with van der Waals surface area (Å²) in [6.07, 6.45) is -4.09. The molecule has 0 aliphatic rings. The average Bonchev–Trinajstić information content (AvgIpc) is 3.23. The second kappa shape index (κ2) is 41.4. The van der Waals surface area contributed by atoms with E-state index in [4.69, 9.17) is 23.7 Å². The Morgan fingerprint density at radius 3 is 0.900 bits per heavy atom. The van der Waals surface area contributed by atoms with Crippen molar-refractivity contribution in [1.29, 1.82) is 0 Å². The molecule has 0 amide bonds. The highest BCUT2D eigenvalue weighted by atomic mass is 32.2. The molecule has 12 nitrogen and oxygen atoms in total. The summed E-state index contributed by atoms with van der Waals surface area (Å²) in [6.45, 7) is 18.7. The van der Waals surface area contributed by atoms with Gasteiger partial charge < -0.3 is 42.7 Å². The minimum Gasteiger partial charge on any atom is -0.497 e. The molecule has 3 aromatic carbocycles. The number of sulfone groups is 1. The van der Waals surface area contributed by atoms with Crippen LogP contribution in [0.5, 0.6) is 23.0 Å². The second-order valence-corrected chi connectivity index (χ2v) is 20.2. The van der Waals surface area contributed by atoms with E-state index in [-0.39, 0.29) is 37.8 Å². The normalized spacial score (nSPS) is 10.6. The van der Waals surface area contributed by atoms with E-state index < -0.39 is 27.6 Å². The number of carbonyl (C=O) groups is 2. The Kier molecular flexibility index (Phi) is 45.7. The molecule has 0 fully saturated rings. The Morgan fingerprint density at radius 2 is 0.743 bits per heavy atom. The van der Waals surface area contributed by atoms with Gasteiger partial charge in [-0.25, -0.2) is 8.42 Å². The van der Waals surface area contributed by atoms with Crippen molar-refractivity contribution >= 4 is 33.4 Å². The van der Waals surface area contributed by atoms with E-state index in [2.05, 4.69) is 80.0 Å². The van der Waals surface area contributed by atoms with Crippen molar-refractivity contribution < 1.29 is 82.2 Å². The second-order valence-electron chi connectivity index (χ2n) is 17.1. The van der Waals surface area contributed by atoms with Gasteiger partial charge in [-0.2, -0.15) is 38.1 Å². The number of thioether (sulfide) groups is 1. The molecule has 3 rings (SSSR count). The van der Waals surface area contributed by atoms with Gasteiger partial charge in [-0.3, -0.25) is 4.79 Å². The lowest BCUT2D eigenvalue weighted by atomic mass is 9.78. The third-order valence-electron chi connectivity index (χ3n) is 7.07. The summed E-state index contributed by atoms with van der Waals surface area (Å²) in [5, 5.41) is 0. The van der Waals surface area contributed by atoms with Gasteiger partial charge >= 0.3 is 18.3 Å². The monoisotopic (exact) mass is 1050 g/mol. The van der Waals surface area contributed by atoms with Crippen molar-refractivity contribution in [3.8, 4) is 23.0 Å². The maximum absolute atomic E-state index is 11.6. The Balaban J connectivity index is -0.000000177. The molecule has 0 atom stereocenters. The summed E-state index contributed by atoms with van der Waals surface area (Å²) in [5.41, 5.74) is -0.643. The minimum atomic E-state index is -5.24. The molecule has 0 bridgehead atoms. The average molecular weight is 1060 g/mol. The van der Waals surface area contributed by atoms with Crippen LogP contribution in [-0.4, -0.2) is 127 Å². The van der Waals surface area contributed by atoms with E-state index in [1.54, 1.807) is 54.4 Å². The predicted molar refractivity (Wildman–Crippen MR) is 273 cm³/mol. The maximum Gasteiger partial charge on any atom is 0.402 e. The highest BCUT2D eigenvalue weighted by molar-refractivity contribution is 7.97. The number of methoxy groups -OCH3 is 6. The SMILES string of the molecule is CC(C)(C(F)(F)F)C(F)(F)F.CC(C)(C)C.CC(C)=O.COC.COCOCCOC(C)=O.COc1ccc(C(C)(C)c2ccc(OC)cc2)cc1.COc1ccc(OC)cc1.CS(C)(=O)=O.CSC. The van der Waals surface area contributed by atoms with E-state index >= 15 is 0 Å². The first kappa shape index (κ1) is 77.2. The van der Waals surface area contributed by atoms with E-state index in [0.717, 1.165) is 35.5 Å². The van der Waals surface area contributed by atoms with Gasteiger partial charge in [-0.1, -0.05) is 65.8 Å². The molecule has 0 spiro atoms. The topological polar surface area (TPSA) is 142 Å². The number of rotatable bonds is 11. The maximum atomic E-state index is 11.6. The molecule has 20 heteroatoms. The van der Waals surface area contributed by atoms with Crippen LogP contribution >= 0.6 is 11.8 Å². The van der Waals surface area contributed by atoms with Crippen molar-refractivity contribution in [2.75, 3.05) is 94.8 Å². The van der Waals surface area contributed by atoms with E-state index in [9.17, 15) is 44.3 Å². The number of hydrogen-bond acceptors (Lipinski definition) is 13. The number of carbonyl (C=O) groups excluding carboxylic acids is 2. The highest BCUT2D eigenvalue weighted by Gasteiger charge is 2.64. The molecule has 0 aromatic heterocycles. The lowest BCUT2D eigenvalue weighted by Crippen LogP contribution is -2.44.